The molecular weight excluding hydrogens is 332 g/mol. The van der Waals surface area contributed by atoms with Crippen molar-refractivity contribution >= 4 is 23.5 Å². The van der Waals surface area contributed by atoms with E-state index in [1.807, 2.05) is 6.92 Å². The summed E-state index contributed by atoms with van der Waals surface area (Å²) in [6.07, 6.45) is 6.68. The number of amides is 2. The van der Waals surface area contributed by atoms with Crippen molar-refractivity contribution < 1.29 is 19.5 Å². The molecule has 0 radical (unpaired) electrons. The molecule has 0 bridgehead atoms. The highest BCUT2D eigenvalue weighted by Gasteiger charge is 2.24. The third kappa shape index (κ3) is 6.17. The Morgan fingerprint density at radius 3 is 2.38 bits per heavy atom. The Morgan fingerprint density at radius 1 is 1.15 bits per heavy atom. The zero-order valence-corrected chi connectivity index (χ0v) is 15.3. The van der Waals surface area contributed by atoms with Crippen LogP contribution in [-0.4, -0.2) is 29.4 Å². The molecule has 142 valence electrons. The number of hydrogen-bond donors (Lipinski definition) is 3. The quantitative estimate of drug-likeness (QED) is 0.628. The predicted molar refractivity (Wildman–Crippen MR) is 100 cm³/mol. The Hall–Kier alpha value is -2.37. The van der Waals surface area contributed by atoms with Crippen molar-refractivity contribution in [1.29, 1.82) is 0 Å². The number of aliphatic carboxylic acids is 1. The van der Waals surface area contributed by atoms with E-state index in [1.165, 1.54) is 25.7 Å². The standard InChI is InChI=1S/C20H28N2O4/c1-2-15(13-14-5-3-4-6-14)20(26)22-17-9-7-16(8-10-17)19(25)21-12-11-18(23)24/h7-10,14-15H,2-6,11-13H2,1H3,(H,21,25)(H,22,26)(H,23,24). The molecule has 1 aromatic carbocycles. The normalized spacial score (nSPS) is 15.4. The monoisotopic (exact) mass is 360 g/mol. The predicted octanol–water partition coefficient (Wildman–Crippen LogP) is 3.44. The number of nitrogens with one attached hydrogen (secondary N) is 2. The second-order valence-electron chi connectivity index (χ2n) is 6.96. The number of carbonyl (C=O) groups is 3. The topological polar surface area (TPSA) is 95.5 Å². The molecule has 1 aliphatic carbocycles. The molecule has 1 aliphatic rings. The van der Waals surface area contributed by atoms with Gasteiger partial charge in [0.15, 0.2) is 0 Å². The molecule has 0 spiro atoms. The molecule has 1 atom stereocenters. The fourth-order valence-electron chi connectivity index (χ4n) is 3.44. The van der Waals surface area contributed by atoms with Gasteiger partial charge in [-0.1, -0.05) is 32.6 Å². The van der Waals surface area contributed by atoms with E-state index >= 15 is 0 Å². The highest BCUT2D eigenvalue weighted by Crippen LogP contribution is 2.31. The zero-order valence-electron chi connectivity index (χ0n) is 15.3. The Kier molecular flexibility index (Phi) is 7.63. The van der Waals surface area contributed by atoms with Gasteiger partial charge in [-0.3, -0.25) is 14.4 Å². The molecular formula is C20H28N2O4. The van der Waals surface area contributed by atoms with Crippen molar-refractivity contribution in [2.45, 2.75) is 51.9 Å². The van der Waals surface area contributed by atoms with Gasteiger partial charge in [-0.25, -0.2) is 0 Å². The summed E-state index contributed by atoms with van der Waals surface area (Å²) in [5.41, 5.74) is 1.10. The van der Waals surface area contributed by atoms with Crippen molar-refractivity contribution in [3.63, 3.8) is 0 Å². The van der Waals surface area contributed by atoms with Crippen LogP contribution in [0.5, 0.6) is 0 Å². The number of hydrogen-bond acceptors (Lipinski definition) is 3. The van der Waals surface area contributed by atoms with Crippen LogP contribution in [0.25, 0.3) is 0 Å². The number of carboxylic acids is 1. The second kappa shape index (κ2) is 9.94. The molecule has 2 amide bonds. The number of carboxylic acid groups (broad SMARTS) is 1. The zero-order chi connectivity index (χ0) is 18.9. The van der Waals surface area contributed by atoms with Crippen LogP contribution in [0.15, 0.2) is 24.3 Å². The summed E-state index contributed by atoms with van der Waals surface area (Å²) in [6.45, 7) is 2.13. The maximum absolute atomic E-state index is 12.5. The lowest BCUT2D eigenvalue weighted by atomic mass is 9.91. The summed E-state index contributed by atoms with van der Waals surface area (Å²) in [5, 5.41) is 14.1. The molecule has 1 saturated carbocycles. The largest absolute Gasteiger partial charge is 0.481 e. The first kappa shape index (κ1) is 19.9. The summed E-state index contributed by atoms with van der Waals surface area (Å²) in [6, 6.07) is 6.66. The maximum atomic E-state index is 12.5. The first-order valence-corrected chi connectivity index (χ1v) is 9.40. The van der Waals surface area contributed by atoms with Gasteiger partial charge in [-0.2, -0.15) is 0 Å². The summed E-state index contributed by atoms with van der Waals surface area (Å²) < 4.78 is 0. The van der Waals surface area contributed by atoms with E-state index in [9.17, 15) is 14.4 Å². The van der Waals surface area contributed by atoms with Crippen molar-refractivity contribution in [2.24, 2.45) is 11.8 Å². The first-order chi connectivity index (χ1) is 12.5. The summed E-state index contributed by atoms with van der Waals surface area (Å²) in [4.78, 5) is 34.9. The molecule has 2 rings (SSSR count). The van der Waals surface area contributed by atoms with Crippen LogP contribution in [0.2, 0.25) is 0 Å². The summed E-state index contributed by atoms with van der Waals surface area (Å²) in [5.74, 6) is -0.541. The van der Waals surface area contributed by atoms with Gasteiger partial charge in [0.1, 0.15) is 0 Å². The molecule has 0 saturated heterocycles. The minimum Gasteiger partial charge on any atom is -0.481 e. The Labute approximate surface area is 154 Å². The van der Waals surface area contributed by atoms with Gasteiger partial charge < -0.3 is 15.7 Å². The third-order valence-corrected chi connectivity index (χ3v) is 5.00. The van der Waals surface area contributed by atoms with E-state index in [0.29, 0.717) is 17.2 Å². The molecule has 1 fully saturated rings. The molecule has 6 nitrogen and oxygen atoms in total. The van der Waals surface area contributed by atoms with Crippen LogP contribution < -0.4 is 10.6 Å². The average molecular weight is 360 g/mol. The number of rotatable bonds is 9. The second-order valence-corrected chi connectivity index (χ2v) is 6.96. The van der Waals surface area contributed by atoms with Crippen molar-refractivity contribution in [3.05, 3.63) is 29.8 Å². The van der Waals surface area contributed by atoms with Crippen LogP contribution in [0.3, 0.4) is 0 Å². The average Bonchev–Trinajstić information content (AvgIpc) is 3.13. The summed E-state index contributed by atoms with van der Waals surface area (Å²) in [7, 11) is 0. The van der Waals surface area contributed by atoms with Crippen LogP contribution in [-0.2, 0) is 9.59 Å². The SMILES string of the molecule is CCC(CC1CCCC1)C(=O)Nc1ccc(C(=O)NCCC(=O)O)cc1. The van der Waals surface area contributed by atoms with Gasteiger partial charge in [-0.15, -0.1) is 0 Å². The Balaban J connectivity index is 1.85. The van der Waals surface area contributed by atoms with Gasteiger partial charge in [0.25, 0.3) is 5.91 Å². The molecule has 0 aromatic heterocycles. The number of carbonyl (C=O) groups excluding carboxylic acids is 2. The fraction of sp³-hybridized carbons (Fsp3) is 0.550. The maximum Gasteiger partial charge on any atom is 0.305 e. The van der Waals surface area contributed by atoms with Crippen molar-refractivity contribution in [2.75, 3.05) is 11.9 Å². The molecule has 0 aliphatic heterocycles. The van der Waals surface area contributed by atoms with E-state index in [0.717, 1.165) is 12.8 Å². The van der Waals surface area contributed by atoms with Gasteiger partial charge in [0.2, 0.25) is 5.91 Å². The fourth-order valence-corrected chi connectivity index (χ4v) is 3.44. The van der Waals surface area contributed by atoms with E-state index in [4.69, 9.17) is 5.11 Å². The molecule has 3 N–H and O–H groups in total. The van der Waals surface area contributed by atoms with E-state index < -0.39 is 5.97 Å². The van der Waals surface area contributed by atoms with Gasteiger partial charge in [0, 0.05) is 23.7 Å². The van der Waals surface area contributed by atoms with E-state index in [1.54, 1.807) is 24.3 Å². The van der Waals surface area contributed by atoms with Crippen molar-refractivity contribution in [3.8, 4) is 0 Å². The molecule has 6 heteroatoms. The van der Waals surface area contributed by atoms with E-state index in [-0.39, 0.29) is 30.7 Å². The van der Waals surface area contributed by atoms with Gasteiger partial charge in [0.05, 0.1) is 6.42 Å². The highest BCUT2D eigenvalue weighted by molar-refractivity contribution is 5.96. The highest BCUT2D eigenvalue weighted by atomic mass is 16.4. The molecule has 0 heterocycles. The lowest BCUT2D eigenvalue weighted by Crippen LogP contribution is -2.26. The van der Waals surface area contributed by atoms with Crippen LogP contribution >= 0.6 is 0 Å². The lowest BCUT2D eigenvalue weighted by Gasteiger charge is -2.18. The lowest BCUT2D eigenvalue weighted by molar-refractivity contribution is -0.136. The minimum absolute atomic E-state index is 0.0251. The Bertz CT molecular complexity index is 621. The molecule has 26 heavy (non-hydrogen) atoms. The summed E-state index contributed by atoms with van der Waals surface area (Å²) >= 11 is 0. The third-order valence-electron chi connectivity index (χ3n) is 5.00. The number of anilines is 1. The van der Waals surface area contributed by atoms with Gasteiger partial charge in [-0.05, 0) is 43.0 Å². The van der Waals surface area contributed by atoms with Gasteiger partial charge >= 0.3 is 5.97 Å². The smallest absolute Gasteiger partial charge is 0.305 e. The van der Waals surface area contributed by atoms with Crippen LogP contribution in [0.4, 0.5) is 5.69 Å². The first-order valence-electron chi connectivity index (χ1n) is 9.40. The number of benzene rings is 1. The van der Waals surface area contributed by atoms with Crippen LogP contribution in [0, 0.1) is 11.8 Å². The molecule has 1 unspecified atom stereocenters. The van der Waals surface area contributed by atoms with E-state index in [2.05, 4.69) is 10.6 Å². The van der Waals surface area contributed by atoms with Crippen LogP contribution in [0.1, 0.15) is 62.2 Å². The minimum atomic E-state index is -0.952. The van der Waals surface area contributed by atoms with Crippen molar-refractivity contribution in [1.82, 2.24) is 5.32 Å². The molecule has 1 aromatic rings. The Morgan fingerprint density at radius 2 is 1.81 bits per heavy atom.